The number of aliphatic carboxylic acids is 1. The summed E-state index contributed by atoms with van der Waals surface area (Å²) in [7, 11) is 0. The number of halogens is 1. The highest BCUT2D eigenvalue weighted by atomic mass is 35.5. The molecule has 0 radical (unpaired) electrons. The van der Waals surface area contributed by atoms with Crippen molar-refractivity contribution < 1.29 is 24.1 Å². The van der Waals surface area contributed by atoms with E-state index in [1.807, 2.05) is 19.1 Å². The average Bonchev–Trinajstić information content (AvgIpc) is 2.60. The summed E-state index contributed by atoms with van der Waals surface area (Å²) >= 11 is 5.83. The van der Waals surface area contributed by atoms with Crippen molar-refractivity contribution in [3.63, 3.8) is 0 Å². The Morgan fingerprint density at radius 1 is 1.00 bits per heavy atom. The molecule has 0 fully saturated rings. The van der Waals surface area contributed by atoms with Crippen LogP contribution in [0, 0.1) is 0 Å². The number of hydrogen-bond acceptors (Lipinski definition) is 4. The summed E-state index contributed by atoms with van der Waals surface area (Å²) in [6, 6.07) is 12.6. The molecular formula is C19H21ClO5. The second-order valence-corrected chi connectivity index (χ2v) is 5.70. The monoisotopic (exact) mass is 364 g/mol. The average molecular weight is 365 g/mol. The third-order valence-electron chi connectivity index (χ3n) is 3.36. The summed E-state index contributed by atoms with van der Waals surface area (Å²) in [4.78, 5) is 10.7. The summed E-state index contributed by atoms with van der Waals surface area (Å²) in [5.41, 5.74) is 0.899. The van der Waals surface area contributed by atoms with E-state index in [-0.39, 0.29) is 6.42 Å². The van der Waals surface area contributed by atoms with E-state index in [4.69, 9.17) is 30.9 Å². The summed E-state index contributed by atoms with van der Waals surface area (Å²) in [5, 5.41) is 9.44. The summed E-state index contributed by atoms with van der Waals surface area (Å²) in [5.74, 6) is 1.12. The van der Waals surface area contributed by atoms with E-state index in [0.29, 0.717) is 42.8 Å². The predicted octanol–water partition coefficient (Wildman–Crippen LogP) is 4.21. The van der Waals surface area contributed by atoms with Crippen molar-refractivity contribution in [1.82, 2.24) is 0 Å². The van der Waals surface area contributed by atoms with E-state index in [9.17, 15) is 4.79 Å². The van der Waals surface area contributed by atoms with Crippen molar-refractivity contribution in [3.05, 3.63) is 53.1 Å². The van der Waals surface area contributed by atoms with Crippen LogP contribution in [0.5, 0.6) is 17.2 Å². The van der Waals surface area contributed by atoms with Gasteiger partial charge in [0.2, 0.25) is 0 Å². The van der Waals surface area contributed by atoms with Gasteiger partial charge in [0.1, 0.15) is 19.0 Å². The number of rotatable bonds is 10. The first-order valence-electron chi connectivity index (χ1n) is 8.07. The van der Waals surface area contributed by atoms with Gasteiger partial charge in [-0.3, -0.25) is 4.79 Å². The number of carboxylic acid groups (broad SMARTS) is 1. The third kappa shape index (κ3) is 6.55. The van der Waals surface area contributed by atoms with Crippen LogP contribution in [0.3, 0.4) is 0 Å². The van der Waals surface area contributed by atoms with Gasteiger partial charge in [-0.05, 0) is 55.3 Å². The van der Waals surface area contributed by atoms with Crippen molar-refractivity contribution in [2.45, 2.75) is 19.8 Å². The number of aryl methyl sites for hydroxylation is 1. The van der Waals surface area contributed by atoms with Crippen molar-refractivity contribution in [3.8, 4) is 17.2 Å². The molecule has 0 saturated carbocycles. The van der Waals surface area contributed by atoms with Gasteiger partial charge in [-0.2, -0.15) is 0 Å². The Hall–Kier alpha value is -2.40. The Morgan fingerprint density at radius 2 is 1.72 bits per heavy atom. The fourth-order valence-electron chi connectivity index (χ4n) is 2.19. The highest BCUT2D eigenvalue weighted by Crippen LogP contribution is 2.29. The molecule has 2 rings (SSSR count). The molecule has 6 heteroatoms. The normalized spacial score (nSPS) is 10.3. The van der Waals surface area contributed by atoms with Gasteiger partial charge in [0, 0.05) is 11.4 Å². The van der Waals surface area contributed by atoms with Gasteiger partial charge in [0.05, 0.1) is 6.61 Å². The predicted molar refractivity (Wildman–Crippen MR) is 96.0 cm³/mol. The summed E-state index contributed by atoms with van der Waals surface area (Å²) in [6.45, 7) is 3.13. The van der Waals surface area contributed by atoms with Crippen LogP contribution >= 0.6 is 11.6 Å². The Labute approximate surface area is 152 Å². The second-order valence-electron chi connectivity index (χ2n) is 5.26. The van der Waals surface area contributed by atoms with E-state index in [2.05, 4.69) is 0 Å². The summed E-state index contributed by atoms with van der Waals surface area (Å²) < 4.78 is 16.9. The van der Waals surface area contributed by atoms with Crippen LogP contribution in [0.15, 0.2) is 42.5 Å². The van der Waals surface area contributed by atoms with Gasteiger partial charge in [0.15, 0.2) is 11.5 Å². The molecule has 0 heterocycles. The lowest BCUT2D eigenvalue weighted by molar-refractivity contribution is -0.136. The van der Waals surface area contributed by atoms with Crippen molar-refractivity contribution >= 4 is 17.6 Å². The van der Waals surface area contributed by atoms with Gasteiger partial charge in [0.25, 0.3) is 0 Å². The van der Waals surface area contributed by atoms with Gasteiger partial charge >= 0.3 is 5.97 Å². The smallest absolute Gasteiger partial charge is 0.303 e. The maximum atomic E-state index is 10.7. The van der Waals surface area contributed by atoms with Crippen LogP contribution in [-0.2, 0) is 11.2 Å². The van der Waals surface area contributed by atoms with Crippen molar-refractivity contribution in [2.75, 3.05) is 19.8 Å². The first-order valence-corrected chi connectivity index (χ1v) is 8.45. The van der Waals surface area contributed by atoms with Gasteiger partial charge in [-0.15, -0.1) is 0 Å². The van der Waals surface area contributed by atoms with Crippen LogP contribution in [-0.4, -0.2) is 30.9 Å². The lowest BCUT2D eigenvalue weighted by atomic mass is 10.1. The minimum atomic E-state index is -0.822. The molecule has 5 nitrogen and oxygen atoms in total. The van der Waals surface area contributed by atoms with Gasteiger partial charge in [-0.1, -0.05) is 17.7 Å². The number of carbonyl (C=O) groups is 1. The molecular weight excluding hydrogens is 344 g/mol. The van der Waals surface area contributed by atoms with Crippen molar-refractivity contribution in [2.24, 2.45) is 0 Å². The molecule has 0 spiro atoms. The lowest BCUT2D eigenvalue weighted by Crippen LogP contribution is -2.10. The summed E-state index contributed by atoms with van der Waals surface area (Å²) in [6.07, 6.45) is 0.538. The number of ether oxygens (including phenoxy) is 3. The third-order valence-corrected chi connectivity index (χ3v) is 3.61. The van der Waals surface area contributed by atoms with Crippen LogP contribution in [0.1, 0.15) is 18.9 Å². The maximum absolute atomic E-state index is 10.7. The minimum Gasteiger partial charge on any atom is -0.490 e. The Kier molecular flexibility index (Phi) is 7.41. The van der Waals surface area contributed by atoms with E-state index in [1.54, 1.807) is 30.3 Å². The Bertz CT molecular complexity index is 685. The lowest BCUT2D eigenvalue weighted by Gasteiger charge is -2.14. The van der Waals surface area contributed by atoms with E-state index in [1.165, 1.54) is 0 Å². The van der Waals surface area contributed by atoms with E-state index >= 15 is 0 Å². The van der Waals surface area contributed by atoms with Crippen LogP contribution < -0.4 is 14.2 Å². The number of carboxylic acids is 1. The standard InChI is InChI=1S/C19H21ClO5/c1-2-23-18-13-14(4-10-19(21)22)3-9-17(18)25-12-11-24-16-7-5-15(20)6-8-16/h3,5-9,13H,2,4,10-12H2,1H3,(H,21,22). The highest BCUT2D eigenvalue weighted by Gasteiger charge is 2.08. The first kappa shape index (κ1) is 18.9. The molecule has 0 saturated heterocycles. The Morgan fingerprint density at radius 3 is 2.40 bits per heavy atom. The van der Waals surface area contributed by atoms with E-state index in [0.717, 1.165) is 11.3 Å². The zero-order valence-corrected chi connectivity index (χ0v) is 14.8. The molecule has 0 unspecified atom stereocenters. The molecule has 0 aromatic heterocycles. The number of hydrogen-bond donors (Lipinski definition) is 1. The van der Waals surface area contributed by atoms with E-state index < -0.39 is 5.97 Å². The van der Waals surface area contributed by atoms with Crippen molar-refractivity contribution in [1.29, 1.82) is 0 Å². The zero-order chi connectivity index (χ0) is 18.1. The Balaban J connectivity index is 1.88. The largest absolute Gasteiger partial charge is 0.490 e. The molecule has 2 aromatic rings. The molecule has 0 aliphatic rings. The maximum Gasteiger partial charge on any atom is 0.303 e. The van der Waals surface area contributed by atoms with Crippen LogP contribution in [0.4, 0.5) is 0 Å². The fraction of sp³-hybridized carbons (Fsp3) is 0.316. The van der Waals surface area contributed by atoms with Gasteiger partial charge in [-0.25, -0.2) is 0 Å². The first-order chi connectivity index (χ1) is 12.1. The highest BCUT2D eigenvalue weighted by molar-refractivity contribution is 6.30. The molecule has 0 aliphatic carbocycles. The fourth-order valence-corrected chi connectivity index (χ4v) is 2.31. The SMILES string of the molecule is CCOc1cc(CCC(=O)O)ccc1OCCOc1ccc(Cl)cc1. The van der Waals surface area contributed by atoms with Gasteiger partial charge < -0.3 is 19.3 Å². The molecule has 2 aromatic carbocycles. The molecule has 1 N–H and O–H groups in total. The van der Waals surface area contributed by atoms with Crippen LogP contribution in [0.25, 0.3) is 0 Å². The molecule has 0 atom stereocenters. The number of benzene rings is 2. The molecule has 0 aliphatic heterocycles. The molecule has 25 heavy (non-hydrogen) atoms. The molecule has 0 bridgehead atoms. The minimum absolute atomic E-state index is 0.0840. The quantitative estimate of drug-likeness (QED) is 0.639. The van der Waals surface area contributed by atoms with Crippen LogP contribution in [0.2, 0.25) is 5.02 Å². The topological polar surface area (TPSA) is 65.0 Å². The second kappa shape index (κ2) is 9.79. The zero-order valence-electron chi connectivity index (χ0n) is 14.0. The molecule has 0 amide bonds. The molecule has 134 valence electrons.